The van der Waals surface area contributed by atoms with Crippen molar-refractivity contribution >= 4 is 17.4 Å². The van der Waals surface area contributed by atoms with Crippen LogP contribution in [0.1, 0.15) is 63.4 Å². The van der Waals surface area contributed by atoms with Crippen molar-refractivity contribution in [1.82, 2.24) is 5.16 Å². The van der Waals surface area contributed by atoms with Crippen LogP contribution in [0.25, 0.3) is 0 Å². The number of ketones is 1. The lowest BCUT2D eigenvalue weighted by atomic mass is 9.97. The second kappa shape index (κ2) is 7.06. The van der Waals surface area contributed by atoms with E-state index in [9.17, 15) is 32.9 Å². The summed E-state index contributed by atoms with van der Waals surface area (Å²) in [4.78, 5) is 35.3. The predicted octanol–water partition coefficient (Wildman–Crippen LogP) is 3.89. The molecule has 1 fully saturated rings. The molecule has 2 aromatic rings. The first-order valence-electron chi connectivity index (χ1n) is 8.22. The van der Waals surface area contributed by atoms with Crippen molar-refractivity contribution in [2.75, 3.05) is 6.61 Å². The number of benzene rings is 1. The fourth-order valence-corrected chi connectivity index (χ4v) is 2.67. The molecule has 3 rings (SSSR count). The number of hydrogen-bond donors (Lipinski definition) is 0. The van der Waals surface area contributed by atoms with E-state index in [1.807, 2.05) is 0 Å². The number of carbonyl (C=O) groups is 2. The zero-order valence-electron chi connectivity index (χ0n) is 14.4. The van der Waals surface area contributed by atoms with Gasteiger partial charge in [0.2, 0.25) is 11.5 Å². The van der Waals surface area contributed by atoms with Crippen LogP contribution in [0.4, 0.5) is 18.9 Å². The Morgan fingerprint density at radius 1 is 1.36 bits per heavy atom. The minimum absolute atomic E-state index is 0.0154. The van der Waals surface area contributed by atoms with Crippen LogP contribution in [0.15, 0.2) is 22.7 Å². The van der Waals surface area contributed by atoms with Crippen molar-refractivity contribution in [2.24, 2.45) is 0 Å². The summed E-state index contributed by atoms with van der Waals surface area (Å²) in [5.74, 6) is -2.10. The first kappa shape index (κ1) is 19.5. The van der Waals surface area contributed by atoms with E-state index in [-0.39, 0.29) is 29.9 Å². The predicted molar refractivity (Wildman–Crippen MR) is 86.0 cm³/mol. The van der Waals surface area contributed by atoms with Gasteiger partial charge in [-0.1, -0.05) is 5.16 Å². The molecule has 11 heteroatoms. The smallest absolute Gasteiger partial charge is 0.416 e. The largest absolute Gasteiger partial charge is 0.461 e. The topological polar surface area (TPSA) is 113 Å². The fourth-order valence-electron chi connectivity index (χ4n) is 2.67. The number of nitro groups is 1. The third-order valence-electron chi connectivity index (χ3n) is 4.13. The van der Waals surface area contributed by atoms with Crippen molar-refractivity contribution in [3.63, 3.8) is 0 Å². The zero-order valence-corrected chi connectivity index (χ0v) is 14.4. The Balaban J connectivity index is 2.13. The number of nitro benzene ring substituents is 1. The van der Waals surface area contributed by atoms with Crippen LogP contribution < -0.4 is 0 Å². The molecule has 1 aliphatic rings. The maximum Gasteiger partial charge on any atom is 0.416 e. The lowest BCUT2D eigenvalue weighted by Gasteiger charge is -2.09. The maximum atomic E-state index is 13.0. The number of rotatable bonds is 6. The molecule has 1 heterocycles. The van der Waals surface area contributed by atoms with Gasteiger partial charge in [-0.05, 0) is 31.9 Å². The van der Waals surface area contributed by atoms with Crippen molar-refractivity contribution in [3.05, 3.63) is 56.5 Å². The Kier molecular flexibility index (Phi) is 4.92. The molecule has 0 N–H and O–H groups in total. The van der Waals surface area contributed by atoms with E-state index in [2.05, 4.69) is 5.16 Å². The van der Waals surface area contributed by atoms with Gasteiger partial charge in [0.1, 0.15) is 11.1 Å². The molecular formula is C17H13F3N2O6. The van der Waals surface area contributed by atoms with Gasteiger partial charge in [0.05, 0.1) is 17.1 Å². The van der Waals surface area contributed by atoms with Gasteiger partial charge in [0.15, 0.2) is 5.76 Å². The first-order valence-corrected chi connectivity index (χ1v) is 8.22. The highest BCUT2D eigenvalue weighted by Gasteiger charge is 2.40. The summed E-state index contributed by atoms with van der Waals surface area (Å²) in [5.41, 5.74) is -3.67. The van der Waals surface area contributed by atoms with Crippen LogP contribution in [0.5, 0.6) is 0 Å². The van der Waals surface area contributed by atoms with Gasteiger partial charge in [-0.15, -0.1) is 0 Å². The summed E-state index contributed by atoms with van der Waals surface area (Å²) in [7, 11) is 0. The van der Waals surface area contributed by atoms with Gasteiger partial charge in [-0.3, -0.25) is 14.9 Å². The number of hydrogen-bond acceptors (Lipinski definition) is 7. The molecule has 1 aliphatic carbocycles. The van der Waals surface area contributed by atoms with E-state index in [1.54, 1.807) is 0 Å². The molecule has 28 heavy (non-hydrogen) atoms. The molecule has 0 aliphatic heterocycles. The molecule has 0 radical (unpaired) electrons. The van der Waals surface area contributed by atoms with Gasteiger partial charge in [0.25, 0.3) is 5.69 Å². The summed E-state index contributed by atoms with van der Waals surface area (Å²) < 4.78 is 48.5. The Morgan fingerprint density at radius 2 is 2.04 bits per heavy atom. The lowest BCUT2D eigenvalue weighted by Crippen LogP contribution is -2.15. The Bertz CT molecular complexity index is 962. The van der Waals surface area contributed by atoms with E-state index in [1.165, 1.54) is 6.92 Å². The minimum atomic E-state index is -4.82. The molecule has 1 saturated carbocycles. The summed E-state index contributed by atoms with van der Waals surface area (Å²) in [5, 5.41) is 14.8. The van der Waals surface area contributed by atoms with Gasteiger partial charge < -0.3 is 9.26 Å². The van der Waals surface area contributed by atoms with Crippen LogP contribution in [0.2, 0.25) is 0 Å². The zero-order chi connectivity index (χ0) is 20.6. The third-order valence-corrected chi connectivity index (χ3v) is 4.13. The second-order valence-electron chi connectivity index (χ2n) is 6.08. The highest BCUT2D eigenvalue weighted by atomic mass is 19.4. The van der Waals surface area contributed by atoms with Crippen molar-refractivity contribution in [2.45, 2.75) is 31.9 Å². The molecule has 0 atom stereocenters. The summed E-state index contributed by atoms with van der Waals surface area (Å²) in [6, 6.07) is 1.55. The molecular weight excluding hydrogens is 385 g/mol. The first-order chi connectivity index (χ1) is 13.1. The number of esters is 1. The van der Waals surface area contributed by atoms with Gasteiger partial charge >= 0.3 is 12.1 Å². The Morgan fingerprint density at radius 3 is 2.57 bits per heavy atom. The highest BCUT2D eigenvalue weighted by molar-refractivity contribution is 6.16. The molecule has 0 amide bonds. The quantitative estimate of drug-likeness (QED) is 0.314. The van der Waals surface area contributed by atoms with Gasteiger partial charge in [-0.2, -0.15) is 13.2 Å². The normalized spacial score (nSPS) is 14.0. The van der Waals surface area contributed by atoms with Crippen molar-refractivity contribution in [3.8, 4) is 0 Å². The third kappa shape index (κ3) is 3.59. The maximum absolute atomic E-state index is 13.0. The standard InChI is InChI=1S/C17H13F3N2O6/c1-2-27-16(24)13-12(15(28-21-13)8-3-4-8)14(23)10-6-5-9(17(18,19)20)7-11(10)22(25)26/h5-8H,2-4H2,1H3. The fraction of sp³-hybridized carbons (Fsp3) is 0.353. The van der Waals surface area contributed by atoms with Crippen LogP contribution in [0.3, 0.4) is 0 Å². The van der Waals surface area contributed by atoms with Gasteiger partial charge in [0, 0.05) is 12.0 Å². The number of nitrogens with zero attached hydrogens (tertiary/aromatic N) is 2. The summed E-state index contributed by atoms with van der Waals surface area (Å²) in [6.45, 7) is 1.51. The van der Waals surface area contributed by atoms with E-state index < -0.39 is 45.4 Å². The molecule has 148 valence electrons. The Labute approximate surface area is 155 Å². The number of alkyl halides is 3. The molecule has 0 unspecified atom stereocenters. The number of carbonyl (C=O) groups excluding carboxylic acids is 2. The number of halogens is 3. The number of aromatic nitrogens is 1. The Hall–Kier alpha value is -3.24. The van der Waals surface area contributed by atoms with Crippen molar-refractivity contribution < 1.29 is 36.9 Å². The summed E-state index contributed by atoms with van der Waals surface area (Å²) in [6.07, 6.45) is -3.50. The number of ether oxygens (including phenoxy) is 1. The van der Waals surface area contributed by atoms with Crippen LogP contribution >= 0.6 is 0 Å². The van der Waals surface area contributed by atoms with Crippen LogP contribution in [-0.4, -0.2) is 28.4 Å². The lowest BCUT2D eigenvalue weighted by molar-refractivity contribution is -0.385. The van der Waals surface area contributed by atoms with E-state index in [0.29, 0.717) is 25.0 Å². The molecule has 8 nitrogen and oxygen atoms in total. The molecule has 0 saturated heterocycles. The van der Waals surface area contributed by atoms with Crippen LogP contribution in [-0.2, 0) is 10.9 Å². The average molecular weight is 398 g/mol. The van der Waals surface area contributed by atoms with Gasteiger partial charge in [-0.25, -0.2) is 4.79 Å². The molecule has 1 aromatic carbocycles. The average Bonchev–Trinajstić information content (AvgIpc) is 3.38. The monoisotopic (exact) mass is 398 g/mol. The SMILES string of the molecule is CCOC(=O)c1noc(C2CC2)c1C(=O)c1ccc(C(F)(F)F)cc1[N+](=O)[O-]. The molecule has 0 bridgehead atoms. The summed E-state index contributed by atoms with van der Waals surface area (Å²) >= 11 is 0. The second-order valence-corrected chi connectivity index (χ2v) is 6.08. The molecule has 0 spiro atoms. The molecule has 1 aromatic heterocycles. The van der Waals surface area contributed by atoms with E-state index in [4.69, 9.17) is 9.26 Å². The van der Waals surface area contributed by atoms with Crippen LogP contribution in [0, 0.1) is 10.1 Å². The highest BCUT2D eigenvalue weighted by Crippen LogP contribution is 2.43. The van der Waals surface area contributed by atoms with E-state index in [0.717, 1.165) is 0 Å². The van der Waals surface area contributed by atoms with Crippen molar-refractivity contribution in [1.29, 1.82) is 0 Å². The minimum Gasteiger partial charge on any atom is -0.461 e. The van der Waals surface area contributed by atoms with E-state index >= 15 is 0 Å².